The van der Waals surface area contributed by atoms with Crippen molar-refractivity contribution in [1.29, 1.82) is 0 Å². The Morgan fingerprint density at radius 2 is 1.80 bits per heavy atom. The first-order chi connectivity index (χ1) is 19.1. The third kappa shape index (κ3) is 6.52. The van der Waals surface area contributed by atoms with Crippen LogP contribution in [0.2, 0.25) is 0 Å². The molecule has 1 heterocycles. The van der Waals surface area contributed by atoms with Crippen LogP contribution in [0.3, 0.4) is 0 Å². The second-order valence-corrected chi connectivity index (χ2v) is 10.6. The van der Waals surface area contributed by atoms with Gasteiger partial charge in [-0.15, -0.1) is 0 Å². The van der Waals surface area contributed by atoms with Crippen molar-refractivity contribution in [3.63, 3.8) is 0 Å². The summed E-state index contributed by atoms with van der Waals surface area (Å²) in [6.45, 7) is 3.63. The Morgan fingerprint density at radius 3 is 2.48 bits per heavy atom. The van der Waals surface area contributed by atoms with Crippen molar-refractivity contribution < 1.29 is 28.8 Å². The van der Waals surface area contributed by atoms with Gasteiger partial charge in [-0.25, -0.2) is 0 Å². The molecule has 10 nitrogen and oxygen atoms in total. The third-order valence-electron chi connectivity index (χ3n) is 6.20. The van der Waals surface area contributed by atoms with E-state index in [1.165, 1.54) is 31.4 Å². The Kier molecular flexibility index (Phi) is 8.90. The summed E-state index contributed by atoms with van der Waals surface area (Å²) in [5.74, 6) is -0.118. The molecule has 3 aromatic rings. The molecule has 3 aromatic carbocycles. The minimum atomic E-state index is -0.516. The number of halogens is 1. The molecule has 40 heavy (non-hydrogen) atoms. The fourth-order valence-electron chi connectivity index (χ4n) is 3.84. The average Bonchev–Trinajstić information content (AvgIpc) is 3.20. The molecule has 0 atom stereocenters. The fourth-order valence-corrected chi connectivity index (χ4v) is 5.11. The van der Waals surface area contributed by atoms with Gasteiger partial charge < -0.3 is 14.8 Å². The number of imide groups is 1. The molecule has 1 aliphatic heterocycles. The zero-order chi connectivity index (χ0) is 29.0. The van der Waals surface area contributed by atoms with E-state index in [2.05, 4.69) is 21.2 Å². The summed E-state index contributed by atoms with van der Waals surface area (Å²) in [4.78, 5) is 49.6. The Labute approximate surface area is 242 Å². The highest BCUT2D eigenvalue weighted by Crippen LogP contribution is 2.35. The number of rotatable bonds is 9. The van der Waals surface area contributed by atoms with E-state index in [1.54, 1.807) is 24.3 Å². The van der Waals surface area contributed by atoms with Crippen LogP contribution < -0.4 is 14.8 Å². The van der Waals surface area contributed by atoms with E-state index >= 15 is 0 Å². The lowest BCUT2D eigenvalue weighted by Gasteiger charge is -2.14. The number of anilines is 1. The quantitative estimate of drug-likeness (QED) is 0.168. The normalized spacial score (nSPS) is 14.0. The summed E-state index contributed by atoms with van der Waals surface area (Å²) in [5.41, 5.74) is 3.78. The Bertz CT molecular complexity index is 1540. The molecule has 1 N–H and O–H groups in total. The largest absolute Gasteiger partial charge is 0.493 e. The number of nitrogens with zero attached hydrogens (tertiary/aromatic N) is 2. The number of thioether (sulfide) groups is 1. The van der Waals surface area contributed by atoms with Crippen molar-refractivity contribution in [3.05, 3.63) is 96.3 Å². The second kappa shape index (κ2) is 12.3. The summed E-state index contributed by atoms with van der Waals surface area (Å²) in [7, 11) is 1.46. The number of methoxy groups -OCH3 is 1. The highest BCUT2D eigenvalue weighted by Gasteiger charge is 2.35. The molecular weight excluding hydrogens is 602 g/mol. The van der Waals surface area contributed by atoms with Crippen molar-refractivity contribution in [2.24, 2.45) is 0 Å². The van der Waals surface area contributed by atoms with Crippen LogP contribution in [0, 0.1) is 24.0 Å². The average molecular weight is 626 g/mol. The molecule has 1 fully saturated rings. The number of carbonyl (C=O) groups is 3. The predicted molar refractivity (Wildman–Crippen MR) is 155 cm³/mol. The van der Waals surface area contributed by atoms with E-state index in [0.29, 0.717) is 28.3 Å². The van der Waals surface area contributed by atoms with Crippen molar-refractivity contribution in [2.75, 3.05) is 19.0 Å². The van der Waals surface area contributed by atoms with E-state index in [0.717, 1.165) is 32.3 Å². The van der Waals surface area contributed by atoms with Gasteiger partial charge in [-0.2, -0.15) is 0 Å². The van der Waals surface area contributed by atoms with Crippen molar-refractivity contribution in [1.82, 2.24) is 4.90 Å². The highest BCUT2D eigenvalue weighted by atomic mass is 79.9. The summed E-state index contributed by atoms with van der Waals surface area (Å²) in [5, 5.41) is 13.2. The fraction of sp³-hybridized carbons (Fsp3) is 0.179. The van der Waals surface area contributed by atoms with E-state index in [9.17, 15) is 24.5 Å². The molecule has 3 amide bonds. The molecular formula is C28H24BrN3O7S. The maximum absolute atomic E-state index is 12.9. The SMILES string of the molecule is COc1cc(C=C2SC(=O)N(Cc3ccc([N+](=O)[O-])cc3)C2=O)ccc1OCC(=O)Nc1ccc(Br)c(C)c1C. The number of carbonyl (C=O) groups excluding carboxylic acids is 3. The smallest absolute Gasteiger partial charge is 0.293 e. The monoisotopic (exact) mass is 625 g/mol. The van der Waals surface area contributed by atoms with Crippen LogP contribution in [-0.2, 0) is 16.1 Å². The number of hydrogen-bond donors (Lipinski definition) is 1. The lowest BCUT2D eigenvalue weighted by molar-refractivity contribution is -0.384. The Hall–Kier alpha value is -4.16. The van der Waals surface area contributed by atoms with Gasteiger partial charge in [0.2, 0.25) is 0 Å². The van der Waals surface area contributed by atoms with Gasteiger partial charge in [-0.3, -0.25) is 29.4 Å². The highest BCUT2D eigenvalue weighted by molar-refractivity contribution is 9.10. The summed E-state index contributed by atoms with van der Waals surface area (Å²) in [6.07, 6.45) is 1.57. The predicted octanol–water partition coefficient (Wildman–Crippen LogP) is 6.24. The molecule has 4 rings (SSSR count). The van der Waals surface area contributed by atoms with Crippen LogP contribution in [-0.4, -0.2) is 40.6 Å². The van der Waals surface area contributed by atoms with Crippen LogP contribution in [0.25, 0.3) is 6.08 Å². The first-order valence-electron chi connectivity index (χ1n) is 11.9. The number of nitro groups is 1. The van der Waals surface area contributed by atoms with Crippen LogP contribution in [0.4, 0.5) is 16.2 Å². The van der Waals surface area contributed by atoms with Gasteiger partial charge in [0.15, 0.2) is 18.1 Å². The summed E-state index contributed by atoms with van der Waals surface area (Å²) >= 11 is 4.27. The number of benzene rings is 3. The molecule has 1 saturated heterocycles. The number of ether oxygens (including phenoxy) is 2. The first kappa shape index (κ1) is 28.8. The van der Waals surface area contributed by atoms with Gasteiger partial charge in [-0.1, -0.05) is 34.1 Å². The van der Waals surface area contributed by atoms with Crippen LogP contribution in [0.15, 0.2) is 64.0 Å². The number of non-ortho nitro benzene ring substituents is 1. The Balaban J connectivity index is 1.41. The topological polar surface area (TPSA) is 128 Å². The standard InChI is InChI=1S/C28H24BrN3O7S/c1-16-17(2)22(10-9-21(16)29)30-26(33)15-39-23-11-6-19(12-24(23)38-3)13-25-27(34)31(28(35)40-25)14-18-4-7-20(8-5-18)32(36)37/h4-13H,14-15H2,1-3H3,(H,30,33). The summed E-state index contributed by atoms with van der Waals surface area (Å²) in [6, 6.07) is 14.3. The maximum atomic E-state index is 12.9. The van der Waals surface area contributed by atoms with Crippen LogP contribution >= 0.6 is 27.7 Å². The van der Waals surface area contributed by atoms with Crippen molar-refractivity contribution >= 4 is 62.2 Å². The second-order valence-electron chi connectivity index (χ2n) is 8.78. The van der Waals surface area contributed by atoms with Gasteiger partial charge in [0.25, 0.3) is 22.7 Å². The van der Waals surface area contributed by atoms with E-state index < -0.39 is 16.1 Å². The maximum Gasteiger partial charge on any atom is 0.293 e. The van der Waals surface area contributed by atoms with Gasteiger partial charge >= 0.3 is 0 Å². The number of amides is 3. The molecule has 206 valence electrons. The molecule has 0 radical (unpaired) electrons. The van der Waals surface area contributed by atoms with Crippen molar-refractivity contribution in [3.8, 4) is 11.5 Å². The molecule has 0 bridgehead atoms. The van der Waals surface area contributed by atoms with E-state index in [1.807, 2.05) is 26.0 Å². The zero-order valence-corrected chi connectivity index (χ0v) is 24.1. The first-order valence-corrected chi connectivity index (χ1v) is 13.5. The van der Waals surface area contributed by atoms with E-state index in [-0.39, 0.29) is 29.7 Å². The molecule has 1 aliphatic rings. The summed E-state index contributed by atoms with van der Waals surface area (Å²) < 4.78 is 12.1. The van der Waals surface area contributed by atoms with Gasteiger partial charge in [0, 0.05) is 22.3 Å². The van der Waals surface area contributed by atoms with Gasteiger partial charge in [0.1, 0.15) is 0 Å². The third-order valence-corrected chi connectivity index (χ3v) is 7.97. The Morgan fingerprint density at radius 1 is 1.07 bits per heavy atom. The van der Waals surface area contributed by atoms with Crippen LogP contribution in [0.5, 0.6) is 11.5 Å². The van der Waals surface area contributed by atoms with Gasteiger partial charge in [-0.05, 0) is 78.2 Å². The molecule has 0 spiro atoms. The molecule has 0 saturated carbocycles. The van der Waals surface area contributed by atoms with E-state index in [4.69, 9.17) is 9.47 Å². The molecule has 0 aliphatic carbocycles. The molecule has 12 heteroatoms. The van der Waals surface area contributed by atoms with Crippen molar-refractivity contribution in [2.45, 2.75) is 20.4 Å². The minimum Gasteiger partial charge on any atom is -0.493 e. The zero-order valence-electron chi connectivity index (χ0n) is 21.7. The molecule has 0 aromatic heterocycles. The minimum absolute atomic E-state index is 0.00247. The van der Waals surface area contributed by atoms with Crippen LogP contribution in [0.1, 0.15) is 22.3 Å². The van der Waals surface area contributed by atoms with Gasteiger partial charge in [0.05, 0.1) is 23.5 Å². The molecule has 0 unspecified atom stereocenters. The number of hydrogen-bond acceptors (Lipinski definition) is 8. The lowest BCUT2D eigenvalue weighted by Crippen LogP contribution is -2.27. The lowest BCUT2D eigenvalue weighted by atomic mass is 10.1. The number of nitrogens with one attached hydrogen (secondary N) is 1. The number of nitro benzene ring substituents is 1.